The summed E-state index contributed by atoms with van der Waals surface area (Å²) >= 11 is 0. The van der Waals surface area contributed by atoms with Crippen LogP contribution in [-0.4, -0.2) is 51.4 Å². The molecular formula is C31H26F4N4O2. The maximum Gasteiger partial charge on any atom is 0.393 e. The fourth-order valence-electron chi connectivity index (χ4n) is 5.00. The summed E-state index contributed by atoms with van der Waals surface area (Å²) < 4.78 is 62.2. The number of piperidine rings is 1. The van der Waals surface area contributed by atoms with Gasteiger partial charge in [-0.3, -0.25) is 9.89 Å². The van der Waals surface area contributed by atoms with Gasteiger partial charge in [-0.15, -0.1) is 0 Å². The van der Waals surface area contributed by atoms with E-state index in [9.17, 15) is 22.4 Å². The molecule has 0 aliphatic carbocycles. The summed E-state index contributed by atoms with van der Waals surface area (Å²) in [5, 5.41) is 6.33. The first-order chi connectivity index (χ1) is 19.7. The Morgan fingerprint density at radius 3 is 2.59 bits per heavy atom. The van der Waals surface area contributed by atoms with Gasteiger partial charge in [-0.2, -0.15) is 22.7 Å². The number of carbonyl (C=O) groups is 1. The molecule has 41 heavy (non-hydrogen) atoms. The number of nitrogens with one attached hydrogen (secondary N) is 1. The zero-order valence-electron chi connectivity index (χ0n) is 22.1. The average molecular weight is 563 g/mol. The number of H-pyrrole nitrogens is 1. The van der Waals surface area contributed by atoms with Gasteiger partial charge in [-0.05, 0) is 66.2 Å². The highest BCUT2D eigenvalue weighted by molar-refractivity contribution is 6.00. The molecule has 5 rings (SSSR count). The lowest BCUT2D eigenvalue weighted by molar-refractivity contribution is -0.127. The van der Waals surface area contributed by atoms with Crippen molar-refractivity contribution in [2.45, 2.75) is 38.5 Å². The number of allylic oxidation sites excluding steroid dienone is 1. The standard InChI is InChI=1S/C31H26F4N4O2/c1-2-7-28(40)39-15-6-10-23(19-39)41-27-14-12-22(18-36-27)29(21-11-13-26-24(16-21)30(32)38-37-26)25(17-31(33,34)35)20-8-4-3-5-9-20/h3-5,8-9,11-14,16,18,23H,6,10,15,17,19H2,1H3,(H,37,38)/b29-25-. The Kier molecular flexibility index (Phi) is 8.06. The summed E-state index contributed by atoms with van der Waals surface area (Å²) in [5.74, 6) is 4.49. The summed E-state index contributed by atoms with van der Waals surface area (Å²) in [5.41, 5.74) is 1.82. The van der Waals surface area contributed by atoms with Crippen LogP contribution in [0.2, 0.25) is 0 Å². The van der Waals surface area contributed by atoms with Gasteiger partial charge in [-0.25, -0.2) is 4.98 Å². The molecule has 1 aliphatic rings. The van der Waals surface area contributed by atoms with Gasteiger partial charge in [0.25, 0.3) is 5.91 Å². The van der Waals surface area contributed by atoms with E-state index in [0.29, 0.717) is 35.3 Å². The lowest BCUT2D eigenvalue weighted by Gasteiger charge is -2.31. The molecule has 1 aliphatic heterocycles. The third-order valence-corrected chi connectivity index (χ3v) is 6.81. The van der Waals surface area contributed by atoms with Crippen LogP contribution in [-0.2, 0) is 4.79 Å². The van der Waals surface area contributed by atoms with Crippen molar-refractivity contribution in [3.63, 3.8) is 0 Å². The maximum absolute atomic E-state index is 14.4. The van der Waals surface area contributed by atoms with Crippen LogP contribution < -0.4 is 4.74 Å². The normalized spacial score (nSPS) is 16.1. The molecular weight excluding hydrogens is 536 g/mol. The van der Waals surface area contributed by atoms with Crippen molar-refractivity contribution >= 4 is 28.0 Å². The number of alkyl halides is 3. The maximum atomic E-state index is 14.4. The van der Waals surface area contributed by atoms with E-state index in [0.717, 1.165) is 12.8 Å². The second-order valence-corrected chi connectivity index (χ2v) is 9.67. The topological polar surface area (TPSA) is 71.1 Å². The molecule has 4 aromatic rings. The molecule has 1 unspecified atom stereocenters. The van der Waals surface area contributed by atoms with E-state index in [4.69, 9.17) is 4.74 Å². The molecule has 1 N–H and O–H groups in total. The number of aromatic nitrogens is 3. The summed E-state index contributed by atoms with van der Waals surface area (Å²) in [6.45, 7) is 2.56. The molecule has 0 spiro atoms. The van der Waals surface area contributed by atoms with Crippen molar-refractivity contribution in [2.24, 2.45) is 0 Å². The molecule has 1 amide bonds. The van der Waals surface area contributed by atoms with Crippen LogP contribution in [0.4, 0.5) is 17.6 Å². The largest absolute Gasteiger partial charge is 0.472 e. The van der Waals surface area contributed by atoms with Crippen molar-refractivity contribution in [2.75, 3.05) is 13.1 Å². The summed E-state index contributed by atoms with van der Waals surface area (Å²) in [4.78, 5) is 18.2. The van der Waals surface area contributed by atoms with Crippen LogP contribution >= 0.6 is 0 Å². The number of aromatic amines is 1. The van der Waals surface area contributed by atoms with E-state index in [2.05, 4.69) is 27.0 Å². The van der Waals surface area contributed by atoms with Crippen LogP contribution in [0.15, 0.2) is 66.9 Å². The molecule has 10 heteroatoms. The van der Waals surface area contributed by atoms with Gasteiger partial charge in [0, 0.05) is 24.4 Å². The Morgan fingerprint density at radius 1 is 1.10 bits per heavy atom. The SMILES string of the molecule is CC#CC(=O)N1CCCC(Oc2ccc(/C(=C(/CC(F)(F)F)c3ccccc3)c3ccc4n[nH]c(F)c4c3)cn2)C1. The highest BCUT2D eigenvalue weighted by Gasteiger charge is 2.32. The smallest absolute Gasteiger partial charge is 0.393 e. The van der Waals surface area contributed by atoms with Crippen LogP contribution in [0, 0.1) is 17.8 Å². The Labute approximate surface area is 234 Å². The molecule has 1 fully saturated rings. The van der Waals surface area contributed by atoms with Crippen molar-refractivity contribution in [3.8, 4) is 17.7 Å². The number of likely N-dealkylation sites (tertiary alicyclic amines) is 1. The first-order valence-corrected chi connectivity index (χ1v) is 13.1. The van der Waals surface area contributed by atoms with Crippen LogP contribution in [0.3, 0.4) is 0 Å². The number of carbonyl (C=O) groups excluding carboxylic acids is 1. The quantitative estimate of drug-likeness (QED) is 0.168. The number of benzene rings is 2. The predicted molar refractivity (Wildman–Crippen MR) is 147 cm³/mol. The number of nitrogens with zero attached hydrogens (tertiary/aromatic N) is 3. The number of hydrogen-bond donors (Lipinski definition) is 1. The average Bonchev–Trinajstić information content (AvgIpc) is 3.33. The highest BCUT2D eigenvalue weighted by Crippen LogP contribution is 2.40. The zero-order valence-corrected chi connectivity index (χ0v) is 22.1. The number of fused-ring (bicyclic) bond motifs is 1. The molecule has 0 saturated carbocycles. The predicted octanol–water partition coefficient (Wildman–Crippen LogP) is 6.40. The van der Waals surface area contributed by atoms with Crippen molar-refractivity contribution < 1.29 is 27.1 Å². The molecule has 1 atom stereocenters. The zero-order chi connectivity index (χ0) is 29.0. The van der Waals surface area contributed by atoms with Gasteiger partial charge in [0.1, 0.15) is 6.10 Å². The van der Waals surface area contributed by atoms with Crippen LogP contribution in [0.25, 0.3) is 22.0 Å². The molecule has 2 aromatic carbocycles. The second kappa shape index (κ2) is 11.8. The van der Waals surface area contributed by atoms with Gasteiger partial charge in [0.2, 0.25) is 11.8 Å². The van der Waals surface area contributed by atoms with Crippen LogP contribution in [0.1, 0.15) is 42.9 Å². The van der Waals surface area contributed by atoms with Gasteiger partial charge < -0.3 is 9.64 Å². The van der Waals surface area contributed by atoms with Crippen molar-refractivity contribution in [1.29, 1.82) is 0 Å². The Hall–Kier alpha value is -4.65. The van der Waals surface area contributed by atoms with Gasteiger partial charge in [0.05, 0.1) is 23.9 Å². The van der Waals surface area contributed by atoms with Crippen molar-refractivity contribution in [3.05, 3.63) is 89.5 Å². The first-order valence-electron chi connectivity index (χ1n) is 13.1. The van der Waals surface area contributed by atoms with Crippen molar-refractivity contribution in [1.82, 2.24) is 20.1 Å². The fourth-order valence-corrected chi connectivity index (χ4v) is 5.00. The monoisotopic (exact) mass is 562 g/mol. The number of rotatable bonds is 6. The Bertz CT molecular complexity index is 1630. The summed E-state index contributed by atoms with van der Waals surface area (Å²) in [7, 11) is 0. The Balaban J connectivity index is 1.55. The molecule has 3 heterocycles. The minimum absolute atomic E-state index is 0.0234. The van der Waals surface area contributed by atoms with E-state index in [1.807, 2.05) is 0 Å². The second-order valence-electron chi connectivity index (χ2n) is 9.67. The van der Waals surface area contributed by atoms with E-state index >= 15 is 0 Å². The van der Waals surface area contributed by atoms with Crippen LogP contribution in [0.5, 0.6) is 5.88 Å². The molecule has 0 bridgehead atoms. The number of amides is 1. The van der Waals surface area contributed by atoms with E-state index in [1.165, 1.54) is 12.3 Å². The number of hydrogen-bond acceptors (Lipinski definition) is 4. The lowest BCUT2D eigenvalue weighted by Crippen LogP contribution is -2.44. The molecule has 0 radical (unpaired) electrons. The van der Waals surface area contributed by atoms with Gasteiger partial charge >= 0.3 is 6.18 Å². The van der Waals surface area contributed by atoms with E-state index in [-0.39, 0.29) is 34.4 Å². The minimum Gasteiger partial charge on any atom is -0.472 e. The third-order valence-electron chi connectivity index (χ3n) is 6.81. The number of ether oxygens (including phenoxy) is 1. The molecule has 2 aromatic heterocycles. The fraction of sp³-hybridized carbons (Fsp3) is 0.258. The third kappa shape index (κ3) is 6.57. The van der Waals surface area contributed by atoms with Gasteiger partial charge in [0.15, 0.2) is 0 Å². The van der Waals surface area contributed by atoms with E-state index in [1.54, 1.807) is 66.4 Å². The Morgan fingerprint density at radius 2 is 1.88 bits per heavy atom. The summed E-state index contributed by atoms with van der Waals surface area (Å²) in [6.07, 6.45) is -3.09. The minimum atomic E-state index is -4.51. The number of pyridine rings is 1. The van der Waals surface area contributed by atoms with Gasteiger partial charge in [-0.1, -0.05) is 42.3 Å². The highest BCUT2D eigenvalue weighted by atomic mass is 19.4. The lowest BCUT2D eigenvalue weighted by atomic mass is 9.88. The summed E-state index contributed by atoms with van der Waals surface area (Å²) in [6, 6.07) is 16.2. The molecule has 6 nitrogen and oxygen atoms in total. The van der Waals surface area contributed by atoms with E-state index < -0.39 is 18.5 Å². The first kappa shape index (κ1) is 27.9. The molecule has 1 saturated heterocycles. The number of halogens is 4. The molecule has 210 valence electrons.